The summed E-state index contributed by atoms with van der Waals surface area (Å²) >= 11 is 0. The second-order valence-electron chi connectivity index (χ2n) is 5.50. The number of carbonyl (C=O) groups excluding carboxylic acids is 1. The van der Waals surface area contributed by atoms with Gasteiger partial charge < -0.3 is 10.6 Å². The van der Waals surface area contributed by atoms with Crippen LogP contribution in [0, 0.1) is 5.92 Å². The summed E-state index contributed by atoms with van der Waals surface area (Å²) in [7, 11) is 0. The van der Waals surface area contributed by atoms with Gasteiger partial charge in [0.2, 0.25) is 5.91 Å². The molecule has 0 bridgehead atoms. The Labute approximate surface area is 108 Å². The largest absolute Gasteiger partial charge is 0.348 e. The predicted octanol–water partition coefficient (Wildman–Crippen LogP) is 1.79. The average Bonchev–Trinajstić information content (AvgIpc) is 2.97. The molecule has 18 heavy (non-hydrogen) atoms. The van der Waals surface area contributed by atoms with Crippen LogP contribution in [0.25, 0.3) is 0 Å². The maximum Gasteiger partial charge on any atom is 0.237 e. The zero-order chi connectivity index (χ0) is 12.5. The van der Waals surface area contributed by atoms with E-state index in [1.807, 2.05) is 0 Å². The first-order valence-electron chi connectivity index (χ1n) is 6.87. The van der Waals surface area contributed by atoms with Crippen molar-refractivity contribution in [2.75, 3.05) is 6.54 Å². The molecule has 1 saturated heterocycles. The third kappa shape index (κ3) is 2.03. The van der Waals surface area contributed by atoms with Crippen LogP contribution in [-0.2, 0) is 11.2 Å². The van der Waals surface area contributed by atoms with Crippen LogP contribution in [0.15, 0.2) is 24.3 Å². The molecule has 1 fully saturated rings. The highest BCUT2D eigenvalue weighted by atomic mass is 16.2. The molecule has 1 aliphatic carbocycles. The highest BCUT2D eigenvalue weighted by Gasteiger charge is 2.32. The van der Waals surface area contributed by atoms with Crippen LogP contribution >= 0.6 is 0 Å². The van der Waals surface area contributed by atoms with Gasteiger partial charge in [-0.15, -0.1) is 0 Å². The normalized spacial score (nSPS) is 30.2. The minimum Gasteiger partial charge on any atom is -0.348 e. The maximum atomic E-state index is 12.2. The van der Waals surface area contributed by atoms with Gasteiger partial charge >= 0.3 is 0 Å². The minimum absolute atomic E-state index is 0.00207. The molecule has 2 N–H and O–H groups in total. The van der Waals surface area contributed by atoms with Crippen molar-refractivity contribution in [2.45, 2.75) is 38.3 Å². The highest BCUT2D eigenvalue weighted by Crippen LogP contribution is 2.31. The molecule has 1 aromatic rings. The summed E-state index contributed by atoms with van der Waals surface area (Å²) in [6.45, 7) is 3.10. The first kappa shape index (κ1) is 11.7. The number of aryl methyl sites for hydroxylation is 1. The smallest absolute Gasteiger partial charge is 0.237 e. The van der Waals surface area contributed by atoms with Gasteiger partial charge in [-0.2, -0.15) is 0 Å². The summed E-state index contributed by atoms with van der Waals surface area (Å²) in [6.07, 6.45) is 3.21. The molecule has 1 aliphatic heterocycles. The summed E-state index contributed by atoms with van der Waals surface area (Å²) in [6, 6.07) is 8.64. The molecule has 3 nitrogen and oxygen atoms in total. The molecule has 3 heteroatoms. The number of fused-ring (bicyclic) bond motifs is 1. The Morgan fingerprint density at radius 3 is 2.94 bits per heavy atom. The third-order valence-corrected chi connectivity index (χ3v) is 4.26. The summed E-state index contributed by atoms with van der Waals surface area (Å²) < 4.78 is 0. The van der Waals surface area contributed by atoms with Crippen LogP contribution in [0.5, 0.6) is 0 Å². The van der Waals surface area contributed by atoms with Crippen LogP contribution in [0.4, 0.5) is 0 Å². The van der Waals surface area contributed by atoms with Gasteiger partial charge in [0.15, 0.2) is 0 Å². The molecule has 3 rings (SSSR count). The predicted molar refractivity (Wildman–Crippen MR) is 71.2 cm³/mol. The third-order valence-electron chi connectivity index (χ3n) is 4.26. The van der Waals surface area contributed by atoms with Gasteiger partial charge in [0.05, 0.1) is 12.1 Å². The van der Waals surface area contributed by atoms with Gasteiger partial charge in [0.1, 0.15) is 0 Å². The zero-order valence-electron chi connectivity index (χ0n) is 10.8. The summed E-state index contributed by atoms with van der Waals surface area (Å²) in [5, 5.41) is 6.50. The standard InChI is InChI=1S/C15H20N2O/c1-10-8-9-16-14(10)15(18)17-13-7-6-11-4-2-3-5-12(11)13/h2-5,10,13-14,16H,6-9H2,1H3,(H,17,18). The molecule has 0 aromatic heterocycles. The zero-order valence-corrected chi connectivity index (χ0v) is 10.8. The minimum atomic E-state index is -0.00207. The van der Waals surface area contributed by atoms with E-state index in [0.717, 1.165) is 25.8 Å². The summed E-state index contributed by atoms with van der Waals surface area (Å²) in [5.41, 5.74) is 2.69. The Hall–Kier alpha value is -1.35. The number of carbonyl (C=O) groups is 1. The van der Waals surface area contributed by atoms with Gasteiger partial charge in [-0.25, -0.2) is 0 Å². The van der Waals surface area contributed by atoms with Crippen LogP contribution in [-0.4, -0.2) is 18.5 Å². The first-order chi connectivity index (χ1) is 8.75. The quantitative estimate of drug-likeness (QED) is 0.832. The number of benzene rings is 1. The van der Waals surface area contributed by atoms with E-state index in [4.69, 9.17) is 0 Å². The van der Waals surface area contributed by atoms with Crippen LogP contribution in [0.2, 0.25) is 0 Å². The number of amides is 1. The van der Waals surface area contributed by atoms with E-state index in [2.05, 4.69) is 41.8 Å². The van der Waals surface area contributed by atoms with E-state index >= 15 is 0 Å². The summed E-state index contributed by atoms with van der Waals surface area (Å²) in [4.78, 5) is 12.2. The molecule has 0 saturated carbocycles. The van der Waals surface area contributed by atoms with Gasteiger partial charge in [-0.1, -0.05) is 31.2 Å². The number of rotatable bonds is 2. The molecule has 1 amide bonds. The molecule has 2 aliphatic rings. The molecule has 3 unspecified atom stereocenters. The van der Waals surface area contributed by atoms with Gasteiger partial charge in [-0.05, 0) is 42.9 Å². The number of nitrogens with one attached hydrogen (secondary N) is 2. The van der Waals surface area contributed by atoms with Crippen molar-refractivity contribution >= 4 is 5.91 Å². The van der Waals surface area contributed by atoms with Crippen LogP contribution in [0.1, 0.15) is 36.9 Å². The Morgan fingerprint density at radius 1 is 1.33 bits per heavy atom. The number of hydrogen-bond acceptors (Lipinski definition) is 2. The molecule has 96 valence electrons. The number of hydrogen-bond donors (Lipinski definition) is 2. The molecule has 0 radical (unpaired) electrons. The SMILES string of the molecule is CC1CCNC1C(=O)NC1CCc2ccccc21. The Balaban J connectivity index is 1.69. The van der Waals surface area contributed by atoms with E-state index in [1.54, 1.807) is 0 Å². The molecule has 0 spiro atoms. The molecule has 1 heterocycles. The second-order valence-corrected chi connectivity index (χ2v) is 5.50. The van der Waals surface area contributed by atoms with E-state index in [1.165, 1.54) is 11.1 Å². The van der Waals surface area contributed by atoms with Crippen molar-refractivity contribution in [2.24, 2.45) is 5.92 Å². The Bertz CT molecular complexity index is 458. The van der Waals surface area contributed by atoms with Crippen LogP contribution in [0.3, 0.4) is 0 Å². The highest BCUT2D eigenvalue weighted by molar-refractivity contribution is 5.83. The molecular formula is C15H20N2O. The average molecular weight is 244 g/mol. The van der Waals surface area contributed by atoms with Gasteiger partial charge in [0.25, 0.3) is 0 Å². The van der Waals surface area contributed by atoms with Crippen molar-refractivity contribution in [3.63, 3.8) is 0 Å². The molecular weight excluding hydrogens is 224 g/mol. The lowest BCUT2D eigenvalue weighted by Gasteiger charge is -2.20. The van der Waals surface area contributed by atoms with Crippen molar-refractivity contribution in [1.82, 2.24) is 10.6 Å². The summed E-state index contributed by atoms with van der Waals surface area (Å²) in [5.74, 6) is 0.614. The monoisotopic (exact) mass is 244 g/mol. The fourth-order valence-corrected chi connectivity index (χ4v) is 3.15. The van der Waals surface area contributed by atoms with E-state index in [0.29, 0.717) is 5.92 Å². The lowest BCUT2D eigenvalue weighted by Crippen LogP contribution is -2.44. The lowest BCUT2D eigenvalue weighted by molar-refractivity contribution is -0.124. The van der Waals surface area contributed by atoms with E-state index in [-0.39, 0.29) is 18.0 Å². The maximum absolute atomic E-state index is 12.2. The van der Waals surface area contributed by atoms with E-state index in [9.17, 15) is 4.79 Å². The molecule has 3 atom stereocenters. The first-order valence-corrected chi connectivity index (χ1v) is 6.87. The Kier molecular flexibility index (Phi) is 3.08. The van der Waals surface area contributed by atoms with Crippen molar-refractivity contribution in [3.8, 4) is 0 Å². The fourth-order valence-electron chi connectivity index (χ4n) is 3.15. The fraction of sp³-hybridized carbons (Fsp3) is 0.533. The second kappa shape index (κ2) is 4.73. The van der Waals surface area contributed by atoms with E-state index < -0.39 is 0 Å². The van der Waals surface area contributed by atoms with Crippen molar-refractivity contribution in [1.29, 1.82) is 0 Å². The molecule has 1 aromatic carbocycles. The van der Waals surface area contributed by atoms with Crippen molar-refractivity contribution in [3.05, 3.63) is 35.4 Å². The Morgan fingerprint density at radius 2 is 2.17 bits per heavy atom. The van der Waals surface area contributed by atoms with Crippen molar-refractivity contribution < 1.29 is 4.79 Å². The van der Waals surface area contributed by atoms with Crippen LogP contribution < -0.4 is 10.6 Å². The lowest BCUT2D eigenvalue weighted by atomic mass is 10.0. The van der Waals surface area contributed by atoms with Gasteiger partial charge in [-0.3, -0.25) is 4.79 Å². The van der Waals surface area contributed by atoms with Gasteiger partial charge in [0, 0.05) is 0 Å². The topological polar surface area (TPSA) is 41.1 Å².